The van der Waals surface area contributed by atoms with Gasteiger partial charge in [0.2, 0.25) is 0 Å². The van der Waals surface area contributed by atoms with E-state index in [1.807, 2.05) is 13.0 Å². The van der Waals surface area contributed by atoms with Crippen LogP contribution in [0, 0.1) is 6.92 Å². The predicted octanol–water partition coefficient (Wildman–Crippen LogP) is 1.07. The third-order valence-electron chi connectivity index (χ3n) is 3.70. The molecule has 22 heavy (non-hydrogen) atoms. The highest BCUT2D eigenvalue weighted by Gasteiger charge is 2.13. The van der Waals surface area contributed by atoms with Crippen molar-refractivity contribution in [1.29, 1.82) is 0 Å². The Morgan fingerprint density at radius 2 is 2.05 bits per heavy atom. The van der Waals surface area contributed by atoms with Crippen molar-refractivity contribution in [2.24, 2.45) is 0 Å². The molecule has 0 aromatic carbocycles. The highest BCUT2D eigenvalue weighted by atomic mass is 16.2. The van der Waals surface area contributed by atoms with Gasteiger partial charge in [-0.1, -0.05) is 19.9 Å². The number of amides is 1. The number of hydrogen-bond donors (Lipinski definition) is 1. The first-order valence-corrected chi connectivity index (χ1v) is 7.55. The van der Waals surface area contributed by atoms with Crippen molar-refractivity contribution in [3.8, 4) is 0 Å². The van der Waals surface area contributed by atoms with Gasteiger partial charge in [0.25, 0.3) is 11.5 Å². The fourth-order valence-corrected chi connectivity index (χ4v) is 2.30. The standard InChI is InChI=1S/C16H22N4O2/c1-4-19(5-2)9-8-17-15(21)13-10-18-14-7-6-12(3)11-20(14)16(13)22/h6-7,10-11H,4-5,8-9H2,1-3H3,(H,17,21). The molecule has 0 saturated carbocycles. The Bertz CT molecular complexity index is 720. The van der Waals surface area contributed by atoms with Gasteiger partial charge in [0.1, 0.15) is 11.2 Å². The molecule has 2 aromatic heterocycles. The van der Waals surface area contributed by atoms with Gasteiger partial charge < -0.3 is 10.2 Å². The molecule has 118 valence electrons. The van der Waals surface area contributed by atoms with Crippen molar-refractivity contribution >= 4 is 11.6 Å². The third kappa shape index (κ3) is 3.51. The number of aromatic nitrogens is 2. The van der Waals surface area contributed by atoms with Crippen molar-refractivity contribution in [2.75, 3.05) is 26.2 Å². The molecule has 0 spiro atoms. The normalized spacial score (nSPS) is 11.1. The Kier molecular flexibility index (Phi) is 5.27. The summed E-state index contributed by atoms with van der Waals surface area (Å²) in [6.45, 7) is 9.19. The van der Waals surface area contributed by atoms with E-state index in [2.05, 4.69) is 29.0 Å². The van der Waals surface area contributed by atoms with E-state index in [0.717, 1.165) is 25.2 Å². The van der Waals surface area contributed by atoms with Crippen molar-refractivity contribution in [1.82, 2.24) is 19.6 Å². The molecule has 2 rings (SSSR count). The van der Waals surface area contributed by atoms with E-state index in [-0.39, 0.29) is 17.0 Å². The number of nitrogens with zero attached hydrogens (tertiary/aromatic N) is 3. The van der Waals surface area contributed by atoms with E-state index in [1.54, 1.807) is 12.3 Å². The van der Waals surface area contributed by atoms with Gasteiger partial charge in [0.15, 0.2) is 0 Å². The number of hydrogen-bond acceptors (Lipinski definition) is 4. The van der Waals surface area contributed by atoms with Crippen LogP contribution in [0.1, 0.15) is 29.8 Å². The largest absolute Gasteiger partial charge is 0.351 e. The highest BCUT2D eigenvalue weighted by Crippen LogP contribution is 2.01. The van der Waals surface area contributed by atoms with Crippen LogP contribution in [0.25, 0.3) is 5.65 Å². The Hall–Kier alpha value is -2.21. The second-order valence-electron chi connectivity index (χ2n) is 5.19. The molecular weight excluding hydrogens is 280 g/mol. The maximum absolute atomic E-state index is 12.4. The van der Waals surface area contributed by atoms with Gasteiger partial charge in [-0.2, -0.15) is 0 Å². The molecule has 6 nitrogen and oxygen atoms in total. The maximum Gasteiger partial charge on any atom is 0.270 e. The fourth-order valence-electron chi connectivity index (χ4n) is 2.30. The van der Waals surface area contributed by atoms with Gasteiger partial charge in [-0.3, -0.25) is 14.0 Å². The predicted molar refractivity (Wildman–Crippen MR) is 86.3 cm³/mol. The molecule has 0 fully saturated rings. The van der Waals surface area contributed by atoms with Crippen LogP contribution in [-0.4, -0.2) is 46.4 Å². The van der Waals surface area contributed by atoms with E-state index in [9.17, 15) is 9.59 Å². The summed E-state index contributed by atoms with van der Waals surface area (Å²) in [4.78, 5) is 30.9. The van der Waals surface area contributed by atoms with E-state index < -0.39 is 0 Å². The molecule has 0 aliphatic heterocycles. The summed E-state index contributed by atoms with van der Waals surface area (Å²) in [5, 5.41) is 2.78. The second-order valence-corrected chi connectivity index (χ2v) is 5.19. The lowest BCUT2D eigenvalue weighted by Gasteiger charge is -2.17. The number of carbonyl (C=O) groups excluding carboxylic acids is 1. The topological polar surface area (TPSA) is 66.7 Å². The number of pyridine rings is 1. The summed E-state index contributed by atoms with van der Waals surface area (Å²) in [6, 6.07) is 3.64. The number of aryl methyl sites for hydroxylation is 1. The zero-order valence-electron chi connectivity index (χ0n) is 13.3. The second kappa shape index (κ2) is 7.17. The minimum absolute atomic E-state index is 0.0719. The maximum atomic E-state index is 12.4. The first-order chi connectivity index (χ1) is 10.6. The molecule has 0 radical (unpaired) electrons. The van der Waals surface area contributed by atoms with Crippen LogP contribution in [0.4, 0.5) is 0 Å². The van der Waals surface area contributed by atoms with Gasteiger partial charge in [0, 0.05) is 25.5 Å². The summed E-state index contributed by atoms with van der Waals surface area (Å²) in [5.41, 5.74) is 1.21. The molecule has 1 amide bonds. The van der Waals surface area contributed by atoms with Crippen LogP contribution in [-0.2, 0) is 0 Å². The number of rotatable bonds is 6. The summed E-state index contributed by atoms with van der Waals surface area (Å²) in [6.07, 6.45) is 3.04. The lowest BCUT2D eigenvalue weighted by molar-refractivity contribution is 0.0947. The first-order valence-electron chi connectivity index (χ1n) is 7.55. The summed E-state index contributed by atoms with van der Waals surface area (Å²) >= 11 is 0. The van der Waals surface area contributed by atoms with E-state index in [4.69, 9.17) is 0 Å². The fraction of sp³-hybridized carbons (Fsp3) is 0.438. The van der Waals surface area contributed by atoms with Crippen molar-refractivity contribution in [3.05, 3.63) is 46.0 Å². The van der Waals surface area contributed by atoms with E-state index in [0.29, 0.717) is 12.2 Å². The molecular formula is C16H22N4O2. The van der Waals surface area contributed by atoms with Crippen LogP contribution >= 0.6 is 0 Å². The minimum atomic E-state index is -0.374. The Morgan fingerprint density at radius 1 is 1.32 bits per heavy atom. The van der Waals surface area contributed by atoms with Crippen molar-refractivity contribution in [2.45, 2.75) is 20.8 Å². The van der Waals surface area contributed by atoms with Crippen LogP contribution < -0.4 is 10.9 Å². The molecule has 2 heterocycles. The van der Waals surface area contributed by atoms with E-state index >= 15 is 0 Å². The quantitative estimate of drug-likeness (QED) is 0.867. The Labute approximate surface area is 129 Å². The summed E-state index contributed by atoms with van der Waals surface area (Å²) < 4.78 is 1.41. The number of carbonyl (C=O) groups is 1. The van der Waals surface area contributed by atoms with Crippen molar-refractivity contribution in [3.63, 3.8) is 0 Å². The highest BCUT2D eigenvalue weighted by molar-refractivity contribution is 5.93. The Morgan fingerprint density at radius 3 is 2.73 bits per heavy atom. The molecule has 1 N–H and O–H groups in total. The average molecular weight is 302 g/mol. The van der Waals surface area contributed by atoms with Gasteiger partial charge in [-0.25, -0.2) is 4.98 Å². The van der Waals surface area contributed by atoms with Gasteiger partial charge in [0.05, 0.1) is 0 Å². The number of fused-ring (bicyclic) bond motifs is 1. The summed E-state index contributed by atoms with van der Waals surface area (Å²) in [7, 11) is 0. The smallest absolute Gasteiger partial charge is 0.270 e. The zero-order chi connectivity index (χ0) is 16.1. The van der Waals surface area contributed by atoms with Gasteiger partial charge >= 0.3 is 0 Å². The SMILES string of the molecule is CCN(CC)CCNC(=O)c1cnc2ccc(C)cn2c1=O. The first kappa shape index (κ1) is 16.2. The van der Waals surface area contributed by atoms with E-state index in [1.165, 1.54) is 10.6 Å². The van der Waals surface area contributed by atoms with Gasteiger partial charge in [-0.15, -0.1) is 0 Å². The molecule has 0 unspecified atom stereocenters. The van der Waals surface area contributed by atoms with Crippen LogP contribution in [0.5, 0.6) is 0 Å². The Balaban J connectivity index is 2.15. The molecule has 0 aliphatic carbocycles. The summed E-state index contributed by atoms with van der Waals surface area (Å²) in [5.74, 6) is -0.374. The monoisotopic (exact) mass is 302 g/mol. The molecule has 0 atom stereocenters. The van der Waals surface area contributed by atoms with Crippen LogP contribution in [0.15, 0.2) is 29.3 Å². The van der Waals surface area contributed by atoms with Gasteiger partial charge in [-0.05, 0) is 31.6 Å². The zero-order valence-corrected chi connectivity index (χ0v) is 13.3. The molecule has 0 bridgehead atoms. The van der Waals surface area contributed by atoms with Crippen LogP contribution in [0.2, 0.25) is 0 Å². The molecule has 6 heteroatoms. The molecule has 0 saturated heterocycles. The lowest BCUT2D eigenvalue weighted by atomic mass is 10.2. The molecule has 2 aromatic rings. The minimum Gasteiger partial charge on any atom is -0.351 e. The third-order valence-corrected chi connectivity index (χ3v) is 3.70. The molecule has 0 aliphatic rings. The lowest BCUT2D eigenvalue weighted by Crippen LogP contribution is -2.37. The van der Waals surface area contributed by atoms with Crippen molar-refractivity contribution < 1.29 is 4.79 Å². The number of likely N-dealkylation sites (N-methyl/N-ethyl adjacent to an activating group) is 1. The van der Waals surface area contributed by atoms with Crippen LogP contribution in [0.3, 0.4) is 0 Å². The average Bonchev–Trinajstić information content (AvgIpc) is 2.52. The number of nitrogens with one attached hydrogen (secondary N) is 1.